The molecule has 1 heterocycles. The maximum absolute atomic E-state index is 13.6. The molecule has 1 aromatic heterocycles. The summed E-state index contributed by atoms with van der Waals surface area (Å²) >= 11 is 0. The molecule has 21 heavy (non-hydrogen) atoms. The molecule has 6 heteroatoms. The van der Waals surface area contributed by atoms with E-state index in [1.54, 1.807) is 0 Å². The molecule has 0 saturated heterocycles. The molecule has 0 aliphatic rings. The molecular weight excluding hydrogens is 280 g/mol. The highest BCUT2D eigenvalue weighted by Crippen LogP contribution is 2.27. The van der Waals surface area contributed by atoms with E-state index in [0.29, 0.717) is 5.69 Å². The van der Waals surface area contributed by atoms with Crippen LogP contribution >= 0.6 is 0 Å². The average molecular weight is 293 g/mol. The molecule has 2 rings (SSSR count). The van der Waals surface area contributed by atoms with Gasteiger partial charge in [-0.1, -0.05) is 19.9 Å². The number of aromatic nitrogens is 1. The number of pyridine rings is 1. The molecule has 0 radical (unpaired) electrons. The molecule has 2 aromatic rings. The van der Waals surface area contributed by atoms with Crippen LogP contribution in [0, 0.1) is 11.6 Å². The highest BCUT2D eigenvalue weighted by Gasteiger charge is 2.15. The molecule has 0 spiro atoms. The largest absolute Gasteiger partial charge is 0.478 e. The van der Waals surface area contributed by atoms with Gasteiger partial charge in [0.2, 0.25) is 11.7 Å². The Bertz CT molecular complexity index is 687. The first-order valence-corrected chi connectivity index (χ1v) is 6.25. The second-order valence-electron chi connectivity index (χ2n) is 4.73. The summed E-state index contributed by atoms with van der Waals surface area (Å²) in [5.41, 5.74) is 0.460. The van der Waals surface area contributed by atoms with Gasteiger partial charge in [-0.2, -0.15) is 4.39 Å². The molecule has 1 aromatic carbocycles. The van der Waals surface area contributed by atoms with E-state index in [0.717, 1.165) is 6.07 Å². The van der Waals surface area contributed by atoms with Crippen molar-refractivity contribution in [2.45, 2.75) is 19.8 Å². The summed E-state index contributed by atoms with van der Waals surface area (Å²) in [5, 5.41) is 9.06. The van der Waals surface area contributed by atoms with Gasteiger partial charge in [-0.15, -0.1) is 0 Å². The van der Waals surface area contributed by atoms with Crippen LogP contribution in [0.25, 0.3) is 0 Å². The highest BCUT2D eigenvalue weighted by molar-refractivity contribution is 5.88. The summed E-state index contributed by atoms with van der Waals surface area (Å²) in [7, 11) is 0. The second kappa shape index (κ2) is 5.87. The highest BCUT2D eigenvalue weighted by atomic mass is 19.2. The van der Waals surface area contributed by atoms with Gasteiger partial charge in [0.1, 0.15) is 0 Å². The number of carboxylic acids is 1. The lowest BCUT2D eigenvalue weighted by molar-refractivity contribution is 0.0696. The Morgan fingerprint density at radius 3 is 2.62 bits per heavy atom. The quantitative estimate of drug-likeness (QED) is 0.926. The Labute approximate surface area is 120 Å². The Morgan fingerprint density at radius 2 is 2.00 bits per heavy atom. The molecule has 0 fully saturated rings. The number of halogens is 2. The number of hydrogen-bond donors (Lipinski definition) is 1. The van der Waals surface area contributed by atoms with Gasteiger partial charge >= 0.3 is 5.97 Å². The van der Waals surface area contributed by atoms with Crippen LogP contribution in [-0.2, 0) is 0 Å². The predicted molar refractivity (Wildman–Crippen MR) is 71.7 cm³/mol. The number of aromatic carboxylic acids is 1. The van der Waals surface area contributed by atoms with E-state index in [-0.39, 0.29) is 23.1 Å². The maximum atomic E-state index is 13.6. The van der Waals surface area contributed by atoms with Crippen molar-refractivity contribution < 1.29 is 23.4 Å². The third-order valence-corrected chi connectivity index (χ3v) is 2.79. The van der Waals surface area contributed by atoms with E-state index in [2.05, 4.69) is 4.98 Å². The average Bonchev–Trinajstić information content (AvgIpc) is 2.43. The summed E-state index contributed by atoms with van der Waals surface area (Å²) in [6.07, 6.45) is 0. The first-order valence-electron chi connectivity index (χ1n) is 6.25. The van der Waals surface area contributed by atoms with Crippen molar-refractivity contribution in [2.24, 2.45) is 0 Å². The number of hydrogen-bond acceptors (Lipinski definition) is 3. The van der Waals surface area contributed by atoms with Crippen LogP contribution in [-0.4, -0.2) is 16.1 Å². The molecule has 0 unspecified atom stereocenters. The monoisotopic (exact) mass is 293 g/mol. The van der Waals surface area contributed by atoms with Crippen LogP contribution in [0.3, 0.4) is 0 Å². The van der Waals surface area contributed by atoms with Crippen molar-refractivity contribution in [3.63, 3.8) is 0 Å². The molecule has 1 N–H and O–H groups in total. The predicted octanol–water partition coefficient (Wildman–Crippen LogP) is 3.97. The first kappa shape index (κ1) is 14.9. The second-order valence-corrected chi connectivity index (χ2v) is 4.73. The number of carbonyl (C=O) groups is 1. The van der Waals surface area contributed by atoms with Crippen molar-refractivity contribution in [3.8, 4) is 11.6 Å². The summed E-state index contributed by atoms with van der Waals surface area (Å²) in [6.45, 7) is 3.67. The summed E-state index contributed by atoms with van der Waals surface area (Å²) in [5.74, 6) is -3.83. The normalized spacial score (nSPS) is 10.7. The minimum Gasteiger partial charge on any atom is -0.478 e. The zero-order valence-electron chi connectivity index (χ0n) is 11.4. The van der Waals surface area contributed by atoms with E-state index in [9.17, 15) is 13.6 Å². The molecule has 0 saturated carbocycles. The fraction of sp³-hybridized carbons (Fsp3) is 0.200. The zero-order chi connectivity index (χ0) is 15.6. The topological polar surface area (TPSA) is 59.4 Å². The van der Waals surface area contributed by atoms with E-state index < -0.39 is 17.6 Å². The molecule has 110 valence electrons. The van der Waals surface area contributed by atoms with Crippen LogP contribution in [0.2, 0.25) is 0 Å². The van der Waals surface area contributed by atoms with Gasteiger partial charge in [0.05, 0.1) is 5.56 Å². The van der Waals surface area contributed by atoms with Crippen LogP contribution < -0.4 is 4.74 Å². The lowest BCUT2D eigenvalue weighted by Crippen LogP contribution is -2.03. The van der Waals surface area contributed by atoms with Crippen LogP contribution in [0.4, 0.5) is 8.78 Å². The van der Waals surface area contributed by atoms with Crippen molar-refractivity contribution >= 4 is 5.97 Å². The van der Waals surface area contributed by atoms with Gasteiger partial charge in [-0.25, -0.2) is 14.2 Å². The van der Waals surface area contributed by atoms with Gasteiger partial charge in [-0.05, 0) is 24.1 Å². The third kappa shape index (κ3) is 3.34. The summed E-state index contributed by atoms with van der Waals surface area (Å²) < 4.78 is 31.9. The zero-order valence-corrected chi connectivity index (χ0v) is 11.4. The van der Waals surface area contributed by atoms with Gasteiger partial charge in [0, 0.05) is 11.8 Å². The number of ether oxygens (including phenoxy) is 1. The lowest BCUT2D eigenvalue weighted by Gasteiger charge is -2.11. The minimum absolute atomic E-state index is 0.0273. The molecular formula is C15H13F2NO3. The Morgan fingerprint density at radius 1 is 1.29 bits per heavy atom. The fourth-order valence-electron chi connectivity index (χ4n) is 1.67. The third-order valence-electron chi connectivity index (χ3n) is 2.79. The van der Waals surface area contributed by atoms with Gasteiger partial charge in [0.15, 0.2) is 11.6 Å². The molecule has 0 aliphatic carbocycles. The molecule has 0 aliphatic heterocycles. The van der Waals surface area contributed by atoms with E-state index in [1.807, 2.05) is 13.8 Å². The summed E-state index contributed by atoms with van der Waals surface area (Å²) in [6, 6.07) is 6.07. The Kier molecular flexibility index (Phi) is 4.16. The van der Waals surface area contributed by atoms with E-state index >= 15 is 0 Å². The van der Waals surface area contributed by atoms with Crippen molar-refractivity contribution in [2.75, 3.05) is 0 Å². The van der Waals surface area contributed by atoms with E-state index in [1.165, 1.54) is 24.3 Å². The molecule has 0 amide bonds. The number of benzene rings is 1. The Balaban J connectivity index is 2.43. The Hall–Kier alpha value is -2.50. The fourth-order valence-corrected chi connectivity index (χ4v) is 1.67. The van der Waals surface area contributed by atoms with E-state index in [4.69, 9.17) is 9.84 Å². The number of carboxylic acid groups (broad SMARTS) is 1. The van der Waals surface area contributed by atoms with Gasteiger partial charge in [0.25, 0.3) is 0 Å². The van der Waals surface area contributed by atoms with Crippen molar-refractivity contribution in [1.29, 1.82) is 0 Å². The smallest absolute Gasteiger partial charge is 0.335 e. The van der Waals surface area contributed by atoms with Crippen LogP contribution in [0.1, 0.15) is 35.8 Å². The van der Waals surface area contributed by atoms with Crippen molar-refractivity contribution in [1.82, 2.24) is 4.98 Å². The van der Waals surface area contributed by atoms with Crippen molar-refractivity contribution in [3.05, 3.63) is 53.2 Å². The minimum atomic E-state index is -1.15. The van der Waals surface area contributed by atoms with Gasteiger partial charge in [-0.3, -0.25) is 0 Å². The molecule has 0 atom stereocenters. The first-order chi connectivity index (χ1) is 9.88. The lowest BCUT2D eigenvalue weighted by atomic mass is 10.1. The molecule has 4 nitrogen and oxygen atoms in total. The van der Waals surface area contributed by atoms with Gasteiger partial charge < -0.3 is 9.84 Å². The maximum Gasteiger partial charge on any atom is 0.335 e. The SMILES string of the molecule is CC(C)c1cc(C(=O)O)cc(Oc2cccc(F)c2F)n1. The van der Waals surface area contributed by atoms with Crippen LogP contribution in [0.5, 0.6) is 11.6 Å². The summed E-state index contributed by atoms with van der Waals surface area (Å²) in [4.78, 5) is 15.2. The number of nitrogens with zero attached hydrogens (tertiary/aromatic N) is 1. The molecule has 0 bridgehead atoms. The standard InChI is InChI=1S/C15H13F2NO3/c1-8(2)11-6-9(15(19)20)7-13(18-11)21-12-5-3-4-10(16)14(12)17/h3-8H,1-2H3,(H,19,20). The van der Waals surface area contributed by atoms with Crippen LogP contribution in [0.15, 0.2) is 30.3 Å². The number of rotatable bonds is 4.